The summed E-state index contributed by atoms with van der Waals surface area (Å²) in [4.78, 5) is 41.3. The summed E-state index contributed by atoms with van der Waals surface area (Å²) in [6, 6.07) is 0. The summed E-state index contributed by atoms with van der Waals surface area (Å²) < 4.78 is 11.9. The number of piperidine rings is 1. The lowest BCUT2D eigenvalue weighted by Crippen LogP contribution is -2.58. The molecule has 0 aromatic heterocycles. The smallest absolute Gasteiger partial charge is 0.349 e. The molecule has 0 aromatic carbocycles. The Labute approximate surface area is 228 Å². The largest absolute Gasteiger partial charge is 0.463 e. The van der Waals surface area contributed by atoms with Gasteiger partial charge in [-0.2, -0.15) is 0 Å². The predicted molar refractivity (Wildman–Crippen MR) is 146 cm³/mol. The highest BCUT2D eigenvalue weighted by Crippen LogP contribution is 2.61. The van der Waals surface area contributed by atoms with Gasteiger partial charge in [0, 0.05) is 30.7 Å². The summed E-state index contributed by atoms with van der Waals surface area (Å²) in [5, 5.41) is 6.46. The molecule has 2 aliphatic heterocycles. The SMILES string of the molecule is CCCCC(CNC)COC(=O)C12OC1(CC=C(C)CCC1CCNC(N)C1)C(=O)C1CCCCC1C2=O. The van der Waals surface area contributed by atoms with Crippen LogP contribution >= 0.6 is 0 Å². The zero-order chi connectivity index (χ0) is 27.3. The molecular weight excluding hydrogens is 482 g/mol. The van der Waals surface area contributed by atoms with Gasteiger partial charge in [-0.05, 0) is 71.4 Å². The van der Waals surface area contributed by atoms with E-state index in [2.05, 4.69) is 24.5 Å². The standard InChI is InChI=1S/C30H49N3O5/c1-4-5-8-22(18-32-3)19-37-28(36)30-27(35)24-10-7-6-9-23(24)26(34)29(30,38-30)15-13-20(2)11-12-21-14-16-33-25(31)17-21/h13,21-25,32-33H,4-12,14-19,31H2,1-3H3. The van der Waals surface area contributed by atoms with Crippen molar-refractivity contribution in [3.63, 3.8) is 0 Å². The number of allylic oxidation sites excluding steroid dienone is 1. The average Bonchev–Trinajstić information content (AvgIpc) is 3.63. The van der Waals surface area contributed by atoms with Crippen LogP contribution in [0.25, 0.3) is 0 Å². The maximum atomic E-state index is 13.9. The molecule has 2 saturated heterocycles. The fraction of sp³-hybridized carbons (Fsp3) is 0.833. The lowest BCUT2D eigenvalue weighted by atomic mass is 9.61. The topological polar surface area (TPSA) is 123 Å². The maximum absolute atomic E-state index is 13.9. The van der Waals surface area contributed by atoms with E-state index in [4.69, 9.17) is 15.2 Å². The Morgan fingerprint density at radius 1 is 1.24 bits per heavy atom. The van der Waals surface area contributed by atoms with Crippen LogP contribution in [-0.4, -0.2) is 61.6 Å². The number of rotatable bonds is 13. The molecule has 2 saturated carbocycles. The van der Waals surface area contributed by atoms with Crippen molar-refractivity contribution < 1.29 is 23.9 Å². The molecule has 7 atom stereocenters. The zero-order valence-electron chi connectivity index (χ0n) is 23.7. The Morgan fingerprint density at radius 3 is 2.66 bits per heavy atom. The number of carbonyl (C=O) groups is 3. The highest BCUT2D eigenvalue weighted by atomic mass is 16.7. The van der Waals surface area contributed by atoms with Crippen LogP contribution in [0.3, 0.4) is 0 Å². The van der Waals surface area contributed by atoms with Gasteiger partial charge in [0.2, 0.25) is 0 Å². The molecule has 0 spiro atoms. The molecule has 8 heteroatoms. The van der Waals surface area contributed by atoms with Crippen LogP contribution in [0, 0.1) is 23.7 Å². The van der Waals surface area contributed by atoms with E-state index in [0.29, 0.717) is 18.8 Å². The van der Waals surface area contributed by atoms with Crippen molar-refractivity contribution >= 4 is 17.5 Å². The van der Waals surface area contributed by atoms with Gasteiger partial charge in [0.25, 0.3) is 5.60 Å². The van der Waals surface area contributed by atoms with Crippen molar-refractivity contribution in [3.05, 3.63) is 11.6 Å². The van der Waals surface area contributed by atoms with Crippen LogP contribution in [0.1, 0.15) is 90.9 Å². The number of carbonyl (C=O) groups excluding carboxylic acids is 3. The second kappa shape index (κ2) is 12.7. The predicted octanol–water partition coefficient (Wildman–Crippen LogP) is 3.42. The number of ketones is 2. The first-order valence-electron chi connectivity index (χ1n) is 15.0. The van der Waals surface area contributed by atoms with Crippen LogP contribution in [0.15, 0.2) is 11.6 Å². The normalized spacial score (nSPS) is 35.8. The Balaban J connectivity index is 1.48. The minimum Gasteiger partial charge on any atom is -0.463 e. The number of nitrogens with two attached hydrogens (primary N) is 1. The minimum absolute atomic E-state index is 0.0624. The van der Waals surface area contributed by atoms with Gasteiger partial charge in [0.05, 0.1) is 12.8 Å². The molecule has 0 amide bonds. The van der Waals surface area contributed by atoms with E-state index in [1.54, 1.807) is 0 Å². The van der Waals surface area contributed by atoms with Gasteiger partial charge >= 0.3 is 5.97 Å². The molecule has 4 rings (SSSR count). The van der Waals surface area contributed by atoms with Gasteiger partial charge in [-0.15, -0.1) is 0 Å². The van der Waals surface area contributed by atoms with Crippen molar-refractivity contribution in [1.82, 2.24) is 10.6 Å². The number of fused-ring (bicyclic) bond motifs is 2. The summed E-state index contributed by atoms with van der Waals surface area (Å²) in [7, 11) is 1.88. The number of Topliss-reactive ketones (excluding diaryl/α,β-unsaturated/α-hetero) is 2. The van der Waals surface area contributed by atoms with Crippen molar-refractivity contribution in [1.29, 1.82) is 0 Å². The van der Waals surface area contributed by atoms with Crippen LogP contribution in [0.2, 0.25) is 0 Å². The number of hydrogen-bond donors (Lipinski definition) is 3. The maximum Gasteiger partial charge on any atom is 0.349 e. The Kier molecular flexibility index (Phi) is 9.82. The molecule has 0 bridgehead atoms. The van der Waals surface area contributed by atoms with E-state index < -0.39 is 23.1 Å². The van der Waals surface area contributed by atoms with E-state index in [1.807, 2.05) is 13.1 Å². The minimum atomic E-state index is -1.77. The molecule has 4 aliphatic rings. The number of esters is 1. The number of epoxide rings is 1. The third-order valence-electron chi connectivity index (χ3n) is 9.47. The number of nitrogens with one attached hydrogen (secondary N) is 2. The molecule has 0 aromatic rings. The molecule has 38 heavy (non-hydrogen) atoms. The third kappa shape index (κ3) is 5.79. The Morgan fingerprint density at radius 2 is 1.97 bits per heavy atom. The fourth-order valence-electron chi connectivity index (χ4n) is 7.09. The molecular formula is C30H49N3O5. The third-order valence-corrected chi connectivity index (χ3v) is 9.47. The summed E-state index contributed by atoms with van der Waals surface area (Å²) in [6.45, 7) is 6.10. The van der Waals surface area contributed by atoms with Gasteiger partial charge < -0.3 is 25.8 Å². The number of unbranched alkanes of at least 4 members (excludes halogenated alkanes) is 1. The first-order chi connectivity index (χ1) is 18.3. The highest BCUT2D eigenvalue weighted by molar-refractivity contribution is 6.23. The number of ether oxygens (including phenoxy) is 2. The molecule has 214 valence electrons. The number of hydrogen-bond acceptors (Lipinski definition) is 8. The first-order valence-corrected chi connectivity index (χ1v) is 15.0. The summed E-state index contributed by atoms with van der Waals surface area (Å²) in [5.41, 5.74) is 4.05. The van der Waals surface area contributed by atoms with E-state index in [9.17, 15) is 14.4 Å². The van der Waals surface area contributed by atoms with Gasteiger partial charge in [0.15, 0.2) is 17.2 Å². The summed E-state index contributed by atoms with van der Waals surface area (Å²) >= 11 is 0. The van der Waals surface area contributed by atoms with E-state index in [1.165, 1.54) is 0 Å². The quantitative estimate of drug-likeness (QED) is 0.143. The monoisotopic (exact) mass is 531 g/mol. The average molecular weight is 532 g/mol. The molecule has 2 heterocycles. The van der Waals surface area contributed by atoms with Crippen LogP contribution < -0.4 is 16.4 Å². The molecule has 0 radical (unpaired) electrons. The van der Waals surface area contributed by atoms with Crippen LogP contribution in [0.4, 0.5) is 0 Å². The lowest BCUT2D eigenvalue weighted by molar-refractivity contribution is -0.159. The van der Waals surface area contributed by atoms with Gasteiger partial charge in [-0.1, -0.05) is 44.3 Å². The van der Waals surface area contributed by atoms with E-state index in [-0.39, 0.29) is 42.6 Å². The second-order valence-electron chi connectivity index (χ2n) is 12.2. The molecule has 4 N–H and O–H groups in total. The molecule has 7 unspecified atom stereocenters. The van der Waals surface area contributed by atoms with Gasteiger partial charge in [-0.3, -0.25) is 9.59 Å². The summed E-state index contributed by atoms with van der Waals surface area (Å²) in [5.74, 6) is -0.973. The second-order valence-corrected chi connectivity index (χ2v) is 12.2. The van der Waals surface area contributed by atoms with Crippen molar-refractivity contribution in [2.24, 2.45) is 29.4 Å². The van der Waals surface area contributed by atoms with Crippen molar-refractivity contribution in [3.8, 4) is 0 Å². The van der Waals surface area contributed by atoms with E-state index in [0.717, 1.165) is 76.5 Å². The Hall–Kier alpha value is -1.61. The van der Waals surface area contributed by atoms with Crippen molar-refractivity contribution in [2.75, 3.05) is 26.7 Å². The fourth-order valence-corrected chi connectivity index (χ4v) is 7.09. The Bertz CT molecular complexity index is 906. The lowest BCUT2D eigenvalue weighted by Gasteiger charge is -2.36. The van der Waals surface area contributed by atoms with Crippen molar-refractivity contribution in [2.45, 2.75) is 108 Å². The highest BCUT2D eigenvalue weighted by Gasteiger charge is 2.86. The van der Waals surface area contributed by atoms with Gasteiger partial charge in [-0.25, -0.2) is 4.79 Å². The summed E-state index contributed by atoms with van der Waals surface area (Å²) in [6.07, 6.45) is 12.6. The first kappa shape index (κ1) is 29.4. The van der Waals surface area contributed by atoms with Crippen LogP contribution in [-0.2, 0) is 23.9 Å². The zero-order valence-corrected chi connectivity index (χ0v) is 23.7. The van der Waals surface area contributed by atoms with Crippen LogP contribution in [0.5, 0.6) is 0 Å². The molecule has 2 aliphatic carbocycles. The van der Waals surface area contributed by atoms with E-state index >= 15 is 0 Å². The molecule has 8 nitrogen and oxygen atoms in total. The van der Waals surface area contributed by atoms with Gasteiger partial charge in [0.1, 0.15) is 0 Å². The molecule has 4 fully saturated rings.